The minimum atomic E-state index is 1.05. The number of benzene rings is 1. The summed E-state index contributed by atoms with van der Waals surface area (Å²) in [5, 5.41) is 4.80. The predicted molar refractivity (Wildman–Crippen MR) is 69.8 cm³/mol. The summed E-state index contributed by atoms with van der Waals surface area (Å²) in [7, 11) is 0. The van der Waals surface area contributed by atoms with Gasteiger partial charge in [0.25, 0.3) is 0 Å². The van der Waals surface area contributed by atoms with Gasteiger partial charge < -0.3 is 9.88 Å². The van der Waals surface area contributed by atoms with Gasteiger partial charge in [0.15, 0.2) is 0 Å². The zero-order chi connectivity index (χ0) is 11.4. The molecule has 0 radical (unpaired) electrons. The molecular formula is C14H20N2. The number of hydrogen-bond acceptors (Lipinski definition) is 1. The first kappa shape index (κ1) is 11.2. The van der Waals surface area contributed by atoms with Crippen LogP contribution in [0.3, 0.4) is 0 Å². The van der Waals surface area contributed by atoms with Gasteiger partial charge in [0, 0.05) is 30.2 Å². The van der Waals surface area contributed by atoms with Crippen LogP contribution in [-0.4, -0.2) is 17.7 Å². The predicted octanol–water partition coefficient (Wildman–Crippen LogP) is 2.95. The number of aromatic nitrogens is 1. The topological polar surface area (TPSA) is 17.0 Å². The third kappa shape index (κ3) is 2.27. The van der Waals surface area contributed by atoms with Crippen LogP contribution in [0.5, 0.6) is 0 Å². The van der Waals surface area contributed by atoms with Crippen molar-refractivity contribution in [2.24, 2.45) is 0 Å². The smallest absolute Gasteiger partial charge is 0.0483 e. The Kier molecular flexibility index (Phi) is 3.62. The van der Waals surface area contributed by atoms with E-state index in [2.05, 4.69) is 54.2 Å². The van der Waals surface area contributed by atoms with Gasteiger partial charge in [-0.3, -0.25) is 0 Å². The van der Waals surface area contributed by atoms with Gasteiger partial charge in [-0.05, 0) is 37.6 Å². The molecule has 16 heavy (non-hydrogen) atoms. The number of rotatable bonds is 5. The van der Waals surface area contributed by atoms with E-state index < -0.39 is 0 Å². The molecule has 2 heteroatoms. The molecule has 86 valence electrons. The molecule has 0 saturated carbocycles. The molecule has 1 aromatic heterocycles. The SMILES string of the molecule is CCCNCCn1ccc2c(C)cccc21. The van der Waals surface area contributed by atoms with Crippen LogP contribution in [-0.2, 0) is 6.54 Å². The fourth-order valence-corrected chi connectivity index (χ4v) is 2.07. The lowest BCUT2D eigenvalue weighted by molar-refractivity contribution is 0.604. The Morgan fingerprint density at radius 3 is 2.88 bits per heavy atom. The van der Waals surface area contributed by atoms with Crippen LogP contribution in [0.1, 0.15) is 18.9 Å². The number of nitrogens with one attached hydrogen (secondary N) is 1. The maximum Gasteiger partial charge on any atom is 0.0483 e. The number of aryl methyl sites for hydroxylation is 1. The third-order valence-electron chi connectivity index (χ3n) is 2.99. The second kappa shape index (κ2) is 5.17. The van der Waals surface area contributed by atoms with Gasteiger partial charge in [-0.15, -0.1) is 0 Å². The molecule has 0 amide bonds. The van der Waals surface area contributed by atoms with Crippen LogP contribution < -0.4 is 5.32 Å². The lowest BCUT2D eigenvalue weighted by atomic mass is 10.1. The van der Waals surface area contributed by atoms with E-state index in [1.54, 1.807) is 0 Å². The van der Waals surface area contributed by atoms with E-state index >= 15 is 0 Å². The van der Waals surface area contributed by atoms with Gasteiger partial charge in [-0.1, -0.05) is 19.1 Å². The van der Waals surface area contributed by atoms with Crippen molar-refractivity contribution in [1.29, 1.82) is 0 Å². The van der Waals surface area contributed by atoms with Crippen molar-refractivity contribution >= 4 is 10.9 Å². The molecule has 0 atom stereocenters. The van der Waals surface area contributed by atoms with Gasteiger partial charge in [-0.25, -0.2) is 0 Å². The van der Waals surface area contributed by atoms with Crippen LogP contribution in [0.25, 0.3) is 10.9 Å². The zero-order valence-electron chi connectivity index (χ0n) is 10.2. The summed E-state index contributed by atoms with van der Waals surface area (Å²) in [5.41, 5.74) is 2.70. The van der Waals surface area contributed by atoms with Crippen molar-refractivity contribution in [3.8, 4) is 0 Å². The zero-order valence-corrected chi connectivity index (χ0v) is 10.2. The molecule has 1 N–H and O–H groups in total. The molecule has 0 aliphatic carbocycles. The highest BCUT2D eigenvalue weighted by Gasteiger charge is 2.01. The molecule has 1 heterocycles. The van der Waals surface area contributed by atoms with Crippen molar-refractivity contribution in [1.82, 2.24) is 9.88 Å². The second-order valence-corrected chi connectivity index (χ2v) is 4.27. The lowest BCUT2D eigenvalue weighted by Crippen LogP contribution is -2.20. The van der Waals surface area contributed by atoms with E-state index in [1.165, 1.54) is 22.9 Å². The molecule has 0 unspecified atom stereocenters. The van der Waals surface area contributed by atoms with Crippen LogP contribution in [0.2, 0.25) is 0 Å². The van der Waals surface area contributed by atoms with Crippen LogP contribution in [0.4, 0.5) is 0 Å². The highest BCUT2D eigenvalue weighted by molar-refractivity contribution is 5.83. The Morgan fingerprint density at radius 2 is 2.06 bits per heavy atom. The van der Waals surface area contributed by atoms with Crippen molar-refractivity contribution < 1.29 is 0 Å². The molecule has 2 rings (SSSR count). The van der Waals surface area contributed by atoms with Crippen LogP contribution in [0, 0.1) is 6.92 Å². The molecule has 0 saturated heterocycles. The van der Waals surface area contributed by atoms with Crippen LogP contribution >= 0.6 is 0 Å². The van der Waals surface area contributed by atoms with Gasteiger partial charge in [0.1, 0.15) is 0 Å². The molecule has 0 spiro atoms. The second-order valence-electron chi connectivity index (χ2n) is 4.27. The standard InChI is InChI=1S/C14H20N2/c1-3-8-15-9-11-16-10-7-13-12(2)5-4-6-14(13)16/h4-7,10,15H,3,8-9,11H2,1-2H3. The van der Waals surface area contributed by atoms with E-state index in [0.717, 1.165) is 19.6 Å². The van der Waals surface area contributed by atoms with Gasteiger partial charge in [-0.2, -0.15) is 0 Å². The molecular weight excluding hydrogens is 196 g/mol. The summed E-state index contributed by atoms with van der Waals surface area (Å²) >= 11 is 0. The monoisotopic (exact) mass is 216 g/mol. The largest absolute Gasteiger partial charge is 0.346 e. The first-order chi connectivity index (χ1) is 7.83. The molecule has 0 aliphatic rings. The number of hydrogen-bond donors (Lipinski definition) is 1. The normalized spacial score (nSPS) is 11.1. The summed E-state index contributed by atoms with van der Waals surface area (Å²) in [6.45, 7) is 7.57. The number of nitrogens with zero attached hydrogens (tertiary/aromatic N) is 1. The molecule has 0 bridgehead atoms. The maximum absolute atomic E-state index is 3.43. The van der Waals surface area contributed by atoms with E-state index in [0.29, 0.717) is 0 Å². The number of fused-ring (bicyclic) bond motifs is 1. The Balaban J connectivity index is 2.10. The van der Waals surface area contributed by atoms with Gasteiger partial charge in [0.2, 0.25) is 0 Å². The average Bonchev–Trinajstić information content (AvgIpc) is 2.70. The quantitative estimate of drug-likeness (QED) is 0.760. The average molecular weight is 216 g/mol. The van der Waals surface area contributed by atoms with Crippen molar-refractivity contribution in [2.45, 2.75) is 26.8 Å². The summed E-state index contributed by atoms with van der Waals surface area (Å²) in [6, 6.07) is 8.71. The molecule has 2 aromatic rings. The van der Waals surface area contributed by atoms with E-state index in [-0.39, 0.29) is 0 Å². The summed E-state index contributed by atoms with van der Waals surface area (Å²) in [4.78, 5) is 0. The summed E-state index contributed by atoms with van der Waals surface area (Å²) in [6.07, 6.45) is 3.39. The summed E-state index contributed by atoms with van der Waals surface area (Å²) in [5.74, 6) is 0. The van der Waals surface area contributed by atoms with Gasteiger partial charge in [0.05, 0.1) is 0 Å². The van der Waals surface area contributed by atoms with Crippen molar-refractivity contribution in [3.63, 3.8) is 0 Å². The Hall–Kier alpha value is -1.28. The third-order valence-corrected chi connectivity index (χ3v) is 2.99. The molecule has 2 nitrogen and oxygen atoms in total. The fourth-order valence-electron chi connectivity index (χ4n) is 2.07. The Labute approximate surface area is 97.3 Å². The first-order valence-corrected chi connectivity index (χ1v) is 6.08. The highest BCUT2D eigenvalue weighted by Crippen LogP contribution is 2.19. The molecule has 1 aromatic carbocycles. The maximum atomic E-state index is 3.43. The summed E-state index contributed by atoms with van der Waals surface area (Å²) < 4.78 is 2.32. The van der Waals surface area contributed by atoms with Crippen molar-refractivity contribution in [3.05, 3.63) is 36.0 Å². The van der Waals surface area contributed by atoms with E-state index in [4.69, 9.17) is 0 Å². The fraction of sp³-hybridized carbons (Fsp3) is 0.429. The van der Waals surface area contributed by atoms with E-state index in [1.807, 2.05) is 0 Å². The first-order valence-electron chi connectivity index (χ1n) is 6.08. The Bertz CT molecular complexity index is 457. The minimum Gasteiger partial charge on any atom is -0.346 e. The lowest BCUT2D eigenvalue weighted by Gasteiger charge is -2.06. The molecule has 0 fully saturated rings. The van der Waals surface area contributed by atoms with Crippen LogP contribution in [0.15, 0.2) is 30.5 Å². The highest BCUT2D eigenvalue weighted by atomic mass is 15.0. The minimum absolute atomic E-state index is 1.05. The van der Waals surface area contributed by atoms with E-state index in [9.17, 15) is 0 Å². The Morgan fingerprint density at radius 1 is 1.19 bits per heavy atom. The van der Waals surface area contributed by atoms with Gasteiger partial charge >= 0.3 is 0 Å². The van der Waals surface area contributed by atoms with Crippen molar-refractivity contribution in [2.75, 3.05) is 13.1 Å². The molecule has 0 aliphatic heterocycles.